The molecule has 0 radical (unpaired) electrons. The van der Waals surface area contributed by atoms with Crippen LogP contribution in [0.5, 0.6) is 0 Å². The summed E-state index contributed by atoms with van der Waals surface area (Å²) in [6.07, 6.45) is 3.68. The minimum Gasteiger partial charge on any atom is -0.388 e. The Labute approximate surface area is 96.8 Å². The molecule has 1 N–H and O–H groups in total. The van der Waals surface area contributed by atoms with Crippen molar-refractivity contribution >= 4 is 0 Å². The van der Waals surface area contributed by atoms with Gasteiger partial charge < -0.3 is 5.11 Å². The third kappa shape index (κ3) is 2.82. The van der Waals surface area contributed by atoms with Crippen LogP contribution in [0.3, 0.4) is 0 Å². The Morgan fingerprint density at radius 2 is 1.82 bits per heavy atom. The maximum atomic E-state index is 13.0. The second-order valence-corrected chi connectivity index (χ2v) is 3.64. The summed E-state index contributed by atoms with van der Waals surface area (Å²) in [6.45, 7) is 0. The first-order valence-electron chi connectivity index (χ1n) is 5.03. The van der Waals surface area contributed by atoms with Crippen LogP contribution in [0.15, 0.2) is 36.9 Å². The molecule has 1 unspecified atom stereocenters. The highest BCUT2D eigenvalue weighted by atomic mass is 19.2. The maximum absolute atomic E-state index is 13.0. The van der Waals surface area contributed by atoms with Crippen molar-refractivity contribution in [3.05, 3.63) is 59.7 Å². The molecule has 1 atom stereocenters. The molecule has 3 nitrogen and oxygen atoms in total. The van der Waals surface area contributed by atoms with Gasteiger partial charge in [-0.25, -0.2) is 18.7 Å². The van der Waals surface area contributed by atoms with Crippen LogP contribution >= 0.6 is 0 Å². The highest BCUT2D eigenvalue weighted by Crippen LogP contribution is 2.18. The molecule has 17 heavy (non-hydrogen) atoms. The lowest BCUT2D eigenvalue weighted by Crippen LogP contribution is -2.03. The molecule has 0 fully saturated rings. The second-order valence-electron chi connectivity index (χ2n) is 3.64. The van der Waals surface area contributed by atoms with Gasteiger partial charge in [0.15, 0.2) is 11.6 Å². The lowest BCUT2D eigenvalue weighted by atomic mass is 10.0. The van der Waals surface area contributed by atoms with Crippen molar-refractivity contribution in [2.45, 2.75) is 12.5 Å². The van der Waals surface area contributed by atoms with Crippen LogP contribution in [0.2, 0.25) is 0 Å². The van der Waals surface area contributed by atoms with Gasteiger partial charge in [-0.1, -0.05) is 6.07 Å². The normalized spacial score (nSPS) is 12.4. The van der Waals surface area contributed by atoms with E-state index in [-0.39, 0.29) is 6.42 Å². The van der Waals surface area contributed by atoms with Gasteiger partial charge in [-0.15, -0.1) is 0 Å². The molecular weight excluding hydrogens is 226 g/mol. The van der Waals surface area contributed by atoms with Gasteiger partial charge in [0.2, 0.25) is 0 Å². The van der Waals surface area contributed by atoms with Crippen LogP contribution in [0.1, 0.15) is 17.2 Å². The van der Waals surface area contributed by atoms with E-state index in [1.807, 2.05) is 0 Å². The number of halogens is 2. The lowest BCUT2D eigenvalue weighted by molar-refractivity contribution is 0.177. The summed E-state index contributed by atoms with van der Waals surface area (Å²) in [4.78, 5) is 7.55. The van der Waals surface area contributed by atoms with E-state index in [1.54, 1.807) is 0 Å². The average molecular weight is 236 g/mol. The molecule has 1 aromatic carbocycles. The number of benzene rings is 1. The Morgan fingerprint density at radius 1 is 1.12 bits per heavy atom. The number of hydrogen-bond acceptors (Lipinski definition) is 3. The highest BCUT2D eigenvalue weighted by molar-refractivity contribution is 5.20. The van der Waals surface area contributed by atoms with Gasteiger partial charge >= 0.3 is 0 Å². The van der Waals surface area contributed by atoms with E-state index in [9.17, 15) is 13.9 Å². The van der Waals surface area contributed by atoms with Crippen molar-refractivity contribution in [2.75, 3.05) is 0 Å². The molecular formula is C12H10F2N2O. The molecule has 0 spiro atoms. The quantitative estimate of drug-likeness (QED) is 0.886. The Bertz CT molecular complexity index is 505. The summed E-state index contributed by atoms with van der Waals surface area (Å²) in [5, 5.41) is 9.84. The molecule has 2 rings (SSSR count). The maximum Gasteiger partial charge on any atom is 0.159 e. The summed E-state index contributed by atoms with van der Waals surface area (Å²) < 4.78 is 25.7. The fourth-order valence-electron chi connectivity index (χ4n) is 1.49. The van der Waals surface area contributed by atoms with Crippen LogP contribution in [0.25, 0.3) is 0 Å². The van der Waals surface area contributed by atoms with E-state index in [0.29, 0.717) is 11.1 Å². The molecule has 0 aliphatic rings. The van der Waals surface area contributed by atoms with Gasteiger partial charge in [-0.2, -0.15) is 0 Å². The van der Waals surface area contributed by atoms with E-state index >= 15 is 0 Å². The zero-order valence-corrected chi connectivity index (χ0v) is 8.85. The molecule has 1 heterocycles. The topological polar surface area (TPSA) is 46.0 Å². The van der Waals surface area contributed by atoms with Crippen molar-refractivity contribution in [1.82, 2.24) is 9.97 Å². The van der Waals surface area contributed by atoms with E-state index in [0.717, 1.165) is 12.1 Å². The first-order chi connectivity index (χ1) is 8.16. The van der Waals surface area contributed by atoms with Gasteiger partial charge in [0.1, 0.15) is 6.33 Å². The molecule has 88 valence electrons. The molecule has 0 aliphatic carbocycles. The summed E-state index contributed by atoms with van der Waals surface area (Å²) in [5.41, 5.74) is 1.05. The van der Waals surface area contributed by atoms with Crippen molar-refractivity contribution < 1.29 is 13.9 Å². The smallest absolute Gasteiger partial charge is 0.159 e. The molecule has 0 bridgehead atoms. The first-order valence-corrected chi connectivity index (χ1v) is 5.03. The largest absolute Gasteiger partial charge is 0.388 e. The van der Waals surface area contributed by atoms with Crippen LogP contribution in [0.4, 0.5) is 8.78 Å². The third-order valence-corrected chi connectivity index (χ3v) is 2.38. The van der Waals surface area contributed by atoms with E-state index in [2.05, 4.69) is 9.97 Å². The standard InChI is InChI=1S/C12H10F2N2O/c13-10-2-1-8(3-11(10)14)4-12(17)9-5-15-7-16-6-9/h1-3,5-7,12,17H,4H2. The summed E-state index contributed by atoms with van der Waals surface area (Å²) in [7, 11) is 0. The van der Waals surface area contributed by atoms with Crippen molar-refractivity contribution in [2.24, 2.45) is 0 Å². The minimum absolute atomic E-state index is 0.185. The lowest BCUT2D eigenvalue weighted by Gasteiger charge is -2.10. The average Bonchev–Trinajstić information content (AvgIpc) is 2.35. The zero-order valence-electron chi connectivity index (χ0n) is 8.85. The molecule has 0 saturated heterocycles. The number of nitrogens with zero attached hydrogens (tertiary/aromatic N) is 2. The van der Waals surface area contributed by atoms with E-state index in [1.165, 1.54) is 24.8 Å². The monoisotopic (exact) mass is 236 g/mol. The fraction of sp³-hybridized carbons (Fsp3) is 0.167. The molecule has 0 saturated carbocycles. The Balaban J connectivity index is 2.13. The number of aliphatic hydroxyl groups is 1. The number of aromatic nitrogens is 2. The van der Waals surface area contributed by atoms with Crippen LogP contribution in [-0.2, 0) is 6.42 Å². The predicted molar refractivity (Wildman–Crippen MR) is 57.1 cm³/mol. The van der Waals surface area contributed by atoms with Gasteiger partial charge in [-0.05, 0) is 17.7 Å². The molecule has 0 aliphatic heterocycles. The predicted octanol–water partition coefficient (Wildman–Crippen LogP) is 2.03. The van der Waals surface area contributed by atoms with Crippen LogP contribution in [-0.4, -0.2) is 15.1 Å². The summed E-state index contributed by atoms with van der Waals surface area (Å²) in [5.74, 6) is -1.81. The Kier molecular flexibility index (Phi) is 3.39. The summed E-state index contributed by atoms with van der Waals surface area (Å²) >= 11 is 0. The minimum atomic E-state index is -0.918. The van der Waals surface area contributed by atoms with E-state index < -0.39 is 17.7 Å². The molecule has 2 aromatic rings. The SMILES string of the molecule is OC(Cc1ccc(F)c(F)c1)c1cncnc1. The zero-order chi connectivity index (χ0) is 12.3. The highest BCUT2D eigenvalue weighted by Gasteiger charge is 2.10. The summed E-state index contributed by atoms with van der Waals surface area (Å²) in [6, 6.07) is 3.55. The molecule has 0 amide bonds. The third-order valence-electron chi connectivity index (χ3n) is 2.38. The number of rotatable bonds is 3. The van der Waals surface area contributed by atoms with Crippen molar-refractivity contribution in [3.8, 4) is 0 Å². The van der Waals surface area contributed by atoms with Gasteiger partial charge in [0.05, 0.1) is 6.10 Å². The van der Waals surface area contributed by atoms with Crippen LogP contribution in [0, 0.1) is 11.6 Å². The Hall–Kier alpha value is -1.88. The van der Waals surface area contributed by atoms with Gasteiger partial charge in [0, 0.05) is 24.4 Å². The number of aliphatic hydroxyl groups excluding tert-OH is 1. The molecule has 5 heteroatoms. The van der Waals surface area contributed by atoms with Gasteiger partial charge in [0.25, 0.3) is 0 Å². The van der Waals surface area contributed by atoms with Crippen molar-refractivity contribution in [3.63, 3.8) is 0 Å². The molecule has 1 aromatic heterocycles. The Morgan fingerprint density at radius 3 is 2.47 bits per heavy atom. The first kappa shape index (κ1) is 11.6. The number of hydrogen-bond donors (Lipinski definition) is 1. The van der Waals surface area contributed by atoms with Gasteiger partial charge in [-0.3, -0.25) is 0 Å². The van der Waals surface area contributed by atoms with E-state index in [4.69, 9.17) is 0 Å². The second kappa shape index (κ2) is 4.97. The van der Waals surface area contributed by atoms with Crippen LogP contribution < -0.4 is 0 Å². The fourth-order valence-corrected chi connectivity index (χ4v) is 1.49. The van der Waals surface area contributed by atoms with Crippen molar-refractivity contribution in [1.29, 1.82) is 0 Å².